The van der Waals surface area contributed by atoms with E-state index >= 15 is 0 Å². The van der Waals surface area contributed by atoms with Gasteiger partial charge in [0, 0.05) is 26.7 Å². The van der Waals surface area contributed by atoms with Gasteiger partial charge in [-0.1, -0.05) is 0 Å². The molecule has 0 heterocycles. The Morgan fingerprint density at radius 1 is 1.47 bits per heavy atom. The Labute approximate surface area is 104 Å². The second-order valence-corrected chi connectivity index (χ2v) is 4.93. The highest BCUT2D eigenvalue weighted by atomic mass is 16.5. The highest BCUT2D eigenvalue weighted by Gasteiger charge is 2.27. The van der Waals surface area contributed by atoms with Crippen molar-refractivity contribution in [2.45, 2.75) is 32.7 Å². The van der Waals surface area contributed by atoms with Gasteiger partial charge in [-0.25, -0.2) is 0 Å². The molecule has 0 aliphatic rings. The fourth-order valence-electron chi connectivity index (χ4n) is 1.63. The first-order chi connectivity index (χ1) is 7.97. The second kappa shape index (κ2) is 8.44. The Bertz CT molecular complexity index is 220. The van der Waals surface area contributed by atoms with Crippen LogP contribution in [0.1, 0.15) is 26.7 Å². The van der Waals surface area contributed by atoms with Gasteiger partial charge in [-0.2, -0.15) is 0 Å². The molecule has 1 atom stereocenters. The lowest BCUT2D eigenvalue weighted by Crippen LogP contribution is -2.46. The summed E-state index contributed by atoms with van der Waals surface area (Å²) in [6.07, 6.45) is 1.93. The van der Waals surface area contributed by atoms with E-state index in [4.69, 9.17) is 10.5 Å². The van der Waals surface area contributed by atoms with Crippen molar-refractivity contribution in [1.82, 2.24) is 10.6 Å². The lowest BCUT2D eigenvalue weighted by molar-refractivity contribution is -0.128. The first kappa shape index (κ1) is 16.4. The molecule has 4 N–H and O–H groups in total. The fourth-order valence-corrected chi connectivity index (χ4v) is 1.63. The van der Waals surface area contributed by atoms with Crippen LogP contribution >= 0.6 is 0 Å². The fraction of sp³-hybridized carbons (Fsp3) is 0.917. The monoisotopic (exact) mass is 245 g/mol. The Morgan fingerprint density at radius 2 is 2.12 bits per heavy atom. The number of carbonyl (C=O) groups is 1. The van der Waals surface area contributed by atoms with Crippen LogP contribution < -0.4 is 16.4 Å². The molecule has 0 fully saturated rings. The number of hydrogen-bond acceptors (Lipinski definition) is 4. The number of carbonyl (C=O) groups excluding carboxylic acids is 1. The Balaban J connectivity index is 4.13. The number of amides is 1. The zero-order chi connectivity index (χ0) is 13.3. The van der Waals surface area contributed by atoms with Gasteiger partial charge >= 0.3 is 0 Å². The Morgan fingerprint density at radius 3 is 2.59 bits per heavy atom. The normalized spacial score (nSPS) is 13.5. The molecule has 5 nitrogen and oxygen atoms in total. The van der Waals surface area contributed by atoms with Crippen molar-refractivity contribution in [2.75, 3.05) is 33.9 Å². The first-order valence-corrected chi connectivity index (χ1v) is 6.12. The van der Waals surface area contributed by atoms with Gasteiger partial charge in [0.2, 0.25) is 5.91 Å². The predicted octanol–water partition coefficient (Wildman–Crippen LogP) is 0.102. The minimum Gasteiger partial charge on any atom is -0.383 e. The molecule has 0 radical (unpaired) electrons. The smallest absolute Gasteiger partial charge is 0.226 e. The van der Waals surface area contributed by atoms with Crippen LogP contribution in [0.15, 0.2) is 0 Å². The summed E-state index contributed by atoms with van der Waals surface area (Å²) in [7, 11) is 3.34. The number of hydrogen-bond donors (Lipinski definition) is 3. The van der Waals surface area contributed by atoms with Crippen LogP contribution in [0.2, 0.25) is 0 Å². The van der Waals surface area contributed by atoms with Crippen molar-refractivity contribution in [2.24, 2.45) is 11.1 Å². The van der Waals surface area contributed by atoms with Crippen molar-refractivity contribution in [3.05, 3.63) is 0 Å². The standard InChI is InChI=1S/C12H27N3O2/c1-12(2,11(16)14-3)9-15-10(8-17-4)6-5-7-13/h10,15H,5-9,13H2,1-4H3,(H,14,16). The molecule has 0 aliphatic carbocycles. The van der Waals surface area contributed by atoms with Gasteiger partial charge in [-0.15, -0.1) is 0 Å². The maximum absolute atomic E-state index is 11.6. The molecule has 102 valence electrons. The zero-order valence-corrected chi connectivity index (χ0v) is 11.5. The average molecular weight is 245 g/mol. The quantitative estimate of drug-likeness (QED) is 0.538. The van der Waals surface area contributed by atoms with Gasteiger partial charge in [0.25, 0.3) is 0 Å². The summed E-state index contributed by atoms with van der Waals surface area (Å²) in [5.74, 6) is 0.0417. The van der Waals surface area contributed by atoms with Gasteiger partial charge in [0.05, 0.1) is 12.0 Å². The van der Waals surface area contributed by atoms with Crippen molar-refractivity contribution in [3.63, 3.8) is 0 Å². The van der Waals surface area contributed by atoms with Crippen molar-refractivity contribution >= 4 is 5.91 Å². The average Bonchev–Trinajstić information content (AvgIpc) is 2.31. The van der Waals surface area contributed by atoms with Gasteiger partial charge in [0.1, 0.15) is 0 Å². The summed E-state index contributed by atoms with van der Waals surface area (Å²) in [4.78, 5) is 11.6. The van der Waals surface area contributed by atoms with Crippen LogP contribution in [0, 0.1) is 5.41 Å². The van der Waals surface area contributed by atoms with Crippen molar-refractivity contribution in [1.29, 1.82) is 0 Å². The van der Waals surface area contributed by atoms with Crippen LogP contribution in [-0.4, -0.2) is 45.8 Å². The van der Waals surface area contributed by atoms with Crippen LogP contribution in [0.4, 0.5) is 0 Å². The Kier molecular flexibility index (Phi) is 8.12. The van der Waals surface area contributed by atoms with E-state index in [0.29, 0.717) is 19.7 Å². The van der Waals surface area contributed by atoms with Crippen LogP contribution in [-0.2, 0) is 9.53 Å². The molecule has 0 aromatic rings. The molecule has 0 saturated carbocycles. The van der Waals surface area contributed by atoms with E-state index < -0.39 is 5.41 Å². The van der Waals surface area contributed by atoms with E-state index in [1.54, 1.807) is 14.2 Å². The maximum atomic E-state index is 11.6. The van der Waals surface area contributed by atoms with E-state index in [2.05, 4.69) is 10.6 Å². The lowest BCUT2D eigenvalue weighted by atomic mass is 9.92. The number of nitrogens with two attached hydrogens (primary N) is 1. The SMILES string of the molecule is CNC(=O)C(C)(C)CNC(CCCN)COC. The highest BCUT2D eigenvalue weighted by molar-refractivity contribution is 5.81. The lowest BCUT2D eigenvalue weighted by Gasteiger charge is -2.26. The van der Waals surface area contributed by atoms with E-state index in [-0.39, 0.29) is 11.9 Å². The summed E-state index contributed by atoms with van der Waals surface area (Å²) >= 11 is 0. The zero-order valence-electron chi connectivity index (χ0n) is 11.5. The number of ether oxygens (including phenoxy) is 1. The van der Waals surface area contributed by atoms with Gasteiger partial charge in [-0.3, -0.25) is 4.79 Å². The van der Waals surface area contributed by atoms with E-state index in [9.17, 15) is 4.79 Å². The summed E-state index contributed by atoms with van der Waals surface area (Å²) < 4.78 is 5.15. The Hall–Kier alpha value is -0.650. The molecular weight excluding hydrogens is 218 g/mol. The molecule has 0 bridgehead atoms. The molecule has 17 heavy (non-hydrogen) atoms. The third kappa shape index (κ3) is 6.61. The third-order valence-electron chi connectivity index (χ3n) is 2.80. The highest BCUT2D eigenvalue weighted by Crippen LogP contribution is 2.14. The number of nitrogens with one attached hydrogen (secondary N) is 2. The van der Waals surface area contributed by atoms with E-state index in [0.717, 1.165) is 12.8 Å². The molecule has 0 spiro atoms. The predicted molar refractivity (Wildman–Crippen MR) is 69.8 cm³/mol. The summed E-state index contributed by atoms with van der Waals surface area (Å²) in [6, 6.07) is 0.257. The molecule has 5 heteroatoms. The first-order valence-electron chi connectivity index (χ1n) is 6.12. The van der Waals surface area contributed by atoms with Gasteiger partial charge in [0.15, 0.2) is 0 Å². The molecular formula is C12H27N3O2. The van der Waals surface area contributed by atoms with Crippen LogP contribution in [0.5, 0.6) is 0 Å². The van der Waals surface area contributed by atoms with E-state index in [1.807, 2.05) is 13.8 Å². The summed E-state index contributed by atoms with van der Waals surface area (Å²) in [5, 5.41) is 6.04. The van der Waals surface area contributed by atoms with Crippen LogP contribution in [0.3, 0.4) is 0 Å². The topological polar surface area (TPSA) is 76.4 Å². The largest absolute Gasteiger partial charge is 0.383 e. The number of rotatable bonds is 9. The summed E-state index contributed by atoms with van der Waals surface area (Å²) in [5.41, 5.74) is 5.08. The second-order valence-electron chi connectivity index (χ2n) is 4.93. The molecule has 1 amide bonds. The van der Waals surface area contributed by atoms with Gasteiger partial charge in [-0.05, 0) is 33.2 Å². The molecule has 1 unspecified atom stereocenters. The molecule has 0 aromatic carbocycles. The van der Waals surface area contributed by atoms with Crippen LogP contribution in [0.25, 0.3) is 0 Å². The third-order valence-corrected chi connectivity index (χ3v) is 2.80. The molecule has 0 aliphatic heterocycles. The van der Waals surface area contributed by atoms with Crippen molar-refractivity contribution in [3.8, 4) is 0 Å². The maximum Gasteiger partial charge on any atom is 0.226 e. The molecule has 0 rings (SSSR count). The van der Waals surface area contributed by atoms with E-state index in [1.165, 1.54) is 0 Å². The van der Waals surface area contributed by atoms with Gasteiger partial charge < -0.3 is 21.1 Å². The number of methoxy groups -OCH3 is 1. The minimum atomic E-state index is -0.413. The van der Waals surface area contributed by atoms with Crippen molar-refractivity contribution < 1.29 is 9.53 Å². The summed E-state index contributed by atoms with van der Waals surface area (Å²) in [6.45, 7) is 5.80. The minimum absolute atomic E-state index is 0.0417. The molecule has 0 aromatic heterocycles. The molecule has 0 saturated heterocycles.